The Balaban J connectivity index is 1.48. The summed E-state index contributed by atoms with van der Waals surface area (Å²) in [6.07, 6.45) is 3.70. The molecule has 0 amide bonds. The third-order valence-corrected chi connectivity index (χ3v) is 7.97. The lowest BCUT2D eigenvalue weighted by Gasteiger charge is -2.30. The highest BCUT2D eigenvalue weighted by Crippen LogP contribution is 2.30. The summed E-state index contributed by atoms with van der Waals surface area (Å²) in [5, 5.41) is 13.9. The van der Waals surface area contributed by atoms with E-state index in [1.54, 1.807) is 14.2 Å². The van der Waals surface area contributed by atoms with Gasteiger partial charge in [-0.2, -0.15) is 0 Å². The van der Waals surface area contributed by atoms with Crippen LogP contribution >= 0.6 is 0 Å². The van der Waals surface area contributed by atoms with Crippen molar-refractivity contribution in [3.63, 3.8) is 0 Å². The summed E-state index contributed by atoms with van der Waals surface area (Å²) in [7, 11) is 3.28. The van der Waals surface area contributed by atoms with Crippen molar-refractivity contribution in [1.82, 2.24) is 30.1 Å². The number of tetrazole rings is 1. The van der Waals surface area contributed by atoms with Crippen LogP contribution in [0.3, 0.4) is 0 Å². The normalized spacial score (nSPS) is 16.0. The van der Waals surface area contributed by atoms with Gasteiger partial charge in [-0.05, 0) is 90.7 Å². The number of H-pyrrole nitrogens is 1. The van der Waals surface area contributed by atoms with Gasteiger partial charge in [0.05, 0.1) is 38.4 Å². The summed E-state index contributed by atoms with van der Waals surface area (Å²) in [6.45, 7) is 8.78. The van der Waals surface area contributed by atoms with Crippen LogP contribution in [0.5, 0.6) is 11.5 Å². The lowest BCUT2D eigenvalue weighted by Crippen LogP contribution is -2.34. The zero-order valence-corrected chi connectivity index (χ0v) is 24.6. The van der Waals surface area contributed by atoms with Crippen LogP contribution in [0.25, 0.3) is 10.9 Å². The molecule has 0 spiro atoms. The molecule has 0 bridgehead atoms. The molecule has 0 unspecified atom stereocenters. The summed E-state index contributed by atoms with van der Waals surface area (Å²) in [4.78, 5) is 18.8. The van der Waals surface area contributed by atoms with Crippen LogP contribution in [0.1, 0.15) is 60.3 Å². The van der Waals surface area contributed by atoms with Crippen molar-refractivity contribution >= 4 is 10.9 Å². The third kappa shape index (κ3) is 6.44. The lowest BCUT2D eigenvalue weighted by atomic mass is 10.0. The molecule has 41 heavy (non-hydrogen) atoms. The molecule has 1 fully saturated rings. The first-order valence-electron chi connectivity index (χ1n) is 14.4. The molecule has 2 aromatic carbocycles. The van der Waals surface area contributed by atoms with Crippen molar-refractivity contribution in [2.75, 3.05) is 27.4 Å². The zero-order chi connectivity index (χ0) is 28.9. The predicted molar refractivity (Wildman–Crippen MR) is 158 cm³/mol. The van der Waals surface area contributed by atoms with Crippen LogP contribution in [0.15, 0.2) is 41.2 Å². The molecule has 218 valence electrons. The Morgan fingerprint density at radius 3 is 2.71 bits per heavy atom. The second-order valence-corrected chi connectivity index (χ2v) is 10.9. The number of aromatic nitrogens is 5. The number of benzene rings is 2. The van der Waals surface area contributed by atoms with Gasteiger partial charge < -0.3 is 19.2 Å². The summed E-state index contributed by atoms with van der Waals surface area (Å²) >= 11 is 0. The van der Waals surface area contributed by atoms with Crippen LogP contribution in [-0.2, 0) is 24.2 Å². The highest BCUT2D eigenvalue weighted by molar-refractivity contribution is 5.82. The summed E-state index contributed by atoms with van der Waals surface area (Å²) in [5.74, 6) is 2.18. The molecule has 3 heterocycles. The Bertz CT molecular complexity index is 1540. The number of hydrogen-bond acceptors (Lipinski definition) is 8. The molecule has 1 aliphatic rings. The summed E-state index contributed by atoms with van der Waals surface area (Å²) < 4.78 is 18.7. The summed E-state index contributed by atoms with van der Waals surface area (Å²) in [6, 6.07) is 12.1. The molecule has 2 atom stereocenters. The highest BCUT2D eigenvalue weighted by atomic mass is 16.5. The average molecular weight is 561 g/mol. The van der Waals surface area contributed by atoms with Gasteiger partial charge in [-0.25, -0.2) is 4.68 Å². The number of ether oxygens (including phenoxy) is 3. The number of aromatic amines is 1. The first-order valence-corrected chi connectivity index (χ1v) is 14.4. The number of hydrogen-bond donors (Lipinski definition) is 1. The maximum atomic E-state index is 13.4. The van der Waals surface area contributed by atoms with E-state index in [9.17, 15) is 4.79 Å². The zero-order valence-electron chi connectivity index (χ0n) is 24.6. The van der Waals surface area contributed by atoms with Gasteiger partial charge in [0.25, 0.3) is 5.56 Å². The van der Waals surface area contributed by atoms with E-state index >= 15 is 0 Å². The van der Waals surface area contributed by atoms with Crippen LogP contribution < -0.4 is 15.0 Å². The number of nitrogens with zero attached hydrogens (tertiary/aromatic N) is 5. The molecular formula is C31H40N6O4. The minimum atomic E-state index is -0.0964. The van der Waals surface area contributed by atoms with Gasteiger partial charge in [-0.15, -0.1) is 5.10 Å². The average Bonchev–Trinajstić information content (AvgIpc) is 3.65. The molecular weight excluding hydrogens is 520 g/mol. The van der Waals surface area contributed by atoms with Gasteiger partial charge in [-0.1, -0.05) is 24.6 Å². The van der Waals surface area contributed by atoms with Crippen LogP contribution in [0.4, 0.5) is 0 Å². The Morgan fingerprint density at radius 2 is 1.98 bits per heavy atom. The maximum absolute atomic E-state index is 13.4. The SMILES string of the molecule is CC[C@H](c1nnnn1C[C@H]1CCCO1)N(CCc1ccc(OC)c(OC)c1)Cc1cc2cc(C)cc(C)c2[nH]c1=O. The minimum absolute atomic E-state index is 0.0747. The van der Waals surface area contributed by atoms with Crippen LogP contribution in [0, 0.1) is 13.8 Å². The van der Waals surface area contributed by atoms with Gasteiger partial charge in [-0.3, -0.25) is 9.69 Å². The van der Waals surface area contributed by atoms with Crippen molar-refractivity contribution in [2.45, 2.75) is 71.7 Å². The first kappa shape index (κ1) is 28.8. The Labute approximate surface area is 240 Å². The number of pyridine rings is 1. The smallest absolute Gasteiger partial charge is 0.252 e. The second kappa shape index (κ2) is 12.8. The number of rotatable bonds is 12. The number of fused-ring (bicyclic) bond motifs is 1. The Hall–Kier alpha value is -3.76. The van der Waals surface area contributed by atoms with E-state index in [1.807, 2.05) is 29.8 Å². The molecule has 1 N–H and O–H groups in total. The van der Waals surface area contributed by atoms with Crippen LogP contribution in [-0.4, -0.2) is 63.6 Å². The second-order valence-electron chi connectivity index (χ2n) is 10.9. The molecule has 1 saturated heterocycles. The van der Waals surface area contributed by atoms with E-state index in [0.29, 0.717) is 36.7 Å². The standard InChI is InChI=1S/C31H40N6O4/c1-6-26(30-33-34-35-37(30)19-25-8-7-13-41-25)36(12-11-22-9-10-27(39-4)28(16-22)40-5)18-24-17-23-15-20(2)14-21(3)29(23)32-31(24)38/h9-10,14-17,25-26H,6-8,11-13,18-19H2,1-5H3,(H,32,38)/t25-,26-/m1/s1. The van der Waals surface area contributed by atoms with Gasteiger partial charge >= 0.3 is 0 Å². The molecule has 0 radical (unpaired) electrons. The van der Waals surface area contributed by atoms with E-state index in [2.05, 4.69) is 57.5 Å². The van der Waals surface area contributed by atoms with E-state index in [0.717, 1.165) is 65.7 Å². The quantitative estimate of drug-likeness (QED) is 0.270. The molecule has 2 aromatic heterocycles. The largest absolute Gasteiger partial charge is 0.493 e. The number of aryl methyl sites for hydroxylation is 2. The molecule has 0 saturated carbocycles. The molecule has 1 aliphatic heterocycles. The topological polar surface area (TPSA) is 107 Å². The minimum Gasteiger partial charge on any atom is -0.493 e. The highest BCUT2D eigenvalue weighted by Gasteiger charge is 2.28. The van der Waals surface area contributed by atoms with E-state index in [4.69, 9.17) is 14.2 Å². The molecule has 5 rings (SSSR count). The van der Waals surface area contributed by atoms with Crippen molar-refractivity contribution in [2.24, 2.45) is 0 Å². The predicted octanol–water partition coefficient (Wildman–Crippen LogP) is 4.52. The van der Waals surface area contributed by atoms with Crippen molar-refractivity contribution in [3.05, 3.63) is 74.8 Å². The molecule has 4 aromatic rings. The van der Waals surface area contributed by atoms with E-state index in [1.165, 1.54) is 0 Å². The Morgan fingerprint density at radius 1 is 1.15 bits per heavy atom. The van der Waals surface area contributed by atoms with E-state index < -0.39 is 0 Å². The summed E-state index contributed by atoms with van der Waals surface area (Å²) in [5.41, 5.74) is 4.86. The first-order chi connectivity index (χ1) is 19.9. The Kier molecular flexibility index (Phi) is 8.99. The monoisotopic (exact) mass is 560 g/mol. The third-order valence-electron chi connectivity index (χ3n) is 7.97. The van der Waals surface area contributed by atoms with Crippen molar-refractivity contribution in [1.29, 1.82) is 0 Å². The molecule has 10 heteroatoms. The van der Waals surface area contributed by atoms with Gasteiger partial charge in [0.2, 0.25) is 0 Å². The fraction of sp³-hybridized carbons (Fsp3) is 0.484. The number of methoxy groups -OCH3 is 2. The van der Waals surface area contributed by atoms with Crippen molar-refractivity contribution in [3.8, 4) is 11.5 Å². The lowest BCUT2D eigenvalue weighted by molar-refractivity contribution is 0.0893. The van der Waals surface area contributed by atoms with Gasteiger partial charge in [0.15, 0.2) is 17.3 Å². The maximum Gasteiger partial charge on any atom is 0.252 e. The molecule has 10 nitrogen and oxygen atoms in total. The molecule has 0 aliphatic carbocycles. The number of nitrogens with one attached hydrogen (secondary N) is 1. The van der Waals surface area contributed by atoms with Crippen LogP contribution in [0.2, 0.25) is 0 Å². The van der Waals surface area contributed by atoms with E-state index in [-0.39, 0.29) is 17.7 Å². The van der Waals surface area contributed by atoms with Crippen molar-refractivity contribution < 1.29 is 14.2 Å². The van der Waals surface area contributed by atoms with Gasteiger partial charge in [0.1, 0.15) is 0 Å². The van der Waals surface area contributed by atoms with Gasteiger partial charge in [0, 0.05) is 25.3 Å². The fourth-order valence-corrected chi connectivity index (χ4v) is 5.89. The fourth-order valence-electron chi connectivity index (χ4n) is 5.89.